The molecule has 1 heterocycles. The van der Waals surface area contributed by atoms with Crippen molar-refractivity contribution in [2.45, 2.75) is 58.3 Å². The highest BCUT2D eigenvalue weighted by Crippen LogP contribution is 2.42. The Morgan fingerprint density at radius 2 is 1.93 bits per heavy atom. The van der Waals surface area contributed by atoms with Crippen molar-refractivity contribution < 1.29 is 14.0 Å². The molecule has 1 aliphatic rings. The fraction of sp³-hybridized carbons (Fsp3) is 0.417. The Morgan fingerprint density at radius 3 is 2.59 bits per heavy atom. The number of hydrogen-bond acceptors (Lipinski definition) is 3. The van der Waals surface area contributed by atoms with Gasteiger partial charge in [-0.05, 0) is 54.5 Å². The molecule has 27 heavy (non-hydrogen) atoms. The molecule has 0 spiro atoms. The summed E-state index contributed by atoms with van der Waals surface area (Å²) in [4.78, 5) is 24.5. The average molecular weight is 362 g/mol. The number of Topliss-reactive ketones (excluding diaryl/α,β-unsaturated/α-hetero) is 2. The van der Waals surface area contributed by atoms with E-state index in [0.717, 1.165) is 21.9 Å². The maximum absolute atomic E-state index is 12.9. The van der Waals surface area contributed by atoms with Gasteiger partial charge in [0.2, 0.25) is 0 Å². The summed E-state index contributed by atoms with van der Waals surface area (Å²) in [7, 11) is 0. The van der Waals surface area contributed by atoms with Crippen LogP contribution >= 0.6 is 0 Å². The second-order valence-electron chi connectivity index (χ2n) is 8.23. The largest absolute Gasteiger partial charge is 0.464 e. The van der Waals surface area contributed by atoms with E-state index in [1.807, 2.05) is 19.9 Å². The number of benzene rings is 2. The summed E-state index contributed by atoms with van der Waals surface area (Å²) in [6.45, 7) is 5.43. The van der Waals surface area contributed by atoms with E-state index in [-0.39, 0.29) is 23.4 Å². The molecule has 0 N–H and O–H groups in total. The van der Waals surface area contributed by atoms with Crippen molar-refractivity contribution in [3.63, 3.8) is 0 Å². The van der Waals surface area contributed by atoms with Gasteiger partial charge in [-0.1, -0.05) is 38.1 Å². The number of carbonyl (C=O) groups excluding carboxylic acids is 2. The van der Waals surface area contributed by atoms with E-state index in [1.165, 1.54) is 23.8 Å². The second kappa shape index (κ2) is 6.95. The van der Waals surface area contributed by atoms with Gasteiger partial charge in [-0.3, -0.25) is 4.79 Å². The monoisotopic (exact) mass is 362 g/mol. The lowest BCUT2D eigenvalue weighted by Crippen LogP contribution is -2.18. The Labute approximate surface area is 159 Å². The maximum Gasteiger partial charge on any atom is 0.143 e. The first kappa shape index (κ1) is 18.0. The molecule has 0 radical (unpaired) electrons. The number of hydrogen-bond donors (Lipinski definition) is 0. The first-order valence-electron chi connectivity index (χ1n) is 9.92. The van der Waals surface area contributed by atoms with Crippen molar-refractivity contribution in [1.82, 2.24) is 0 Å². The minimum Gasteiger partial charge on any atom is -0.464 e. The number of fused-ring (bicyclic) bond motifs is 3. The highest BCUT2D eigenvalue weighted by atomic mass is 16.3. The first-order chi connectivity index (χ1) is 13.0. The fourth-order valence-corrected chi connectivity index (χ4v) is 4.04. The van der Waals surface area contributed by atoms with Crippen molar-refractivity contribution >= 4 is 33.3 Å². The van der Waals surface area contributed by atoms with E-state index in [1.54, 1.807) is 13.2 Å². The second-order valence-corrected chi connectivity index (χ2v) is 8.23. The van der Waals surface area contributed by atoms with E-state index in [2.05, 4.69) is 24.3 Å². The summed E-state index contributed by atoms with van der Waals surface area (Å²) >= 11 is 0. The normalized spacial score (nSPS) is 15.6. The Kier molecular flexibility index (Phi) is 4.63. The number of ketones is 2. The zero-order chi connectivity index (χ0) is 19.1. The summed E-state index contributed by atoms with van der Waals surface area (Å²) in [6, 6.07) is 10.8. The van der Waals surface area contributed by atoms with Gasteiger partial charge < -0.3 is 9.21 Å². The summed E-state index contributed by atoms with van der Waals surface area (Å²) < 4.78 is 5.83. The van der Waals surface area contributed by atoms with E-state index in [0.29, 0.717) is 18.8 Å². The van der Waals surface area contributed by atoms with Crippen LogP contribution in [-0.4, -0.2) is 11.6 Å². The molecule has 1 aromatic heterocycles. The maximum atomic E-state index is 12.9. The molecule has 3 aromatic rings. The van der Waals surface area contributed by atoms with Crippen molar-refractivity contribution in [2.75, 3.05) is 0 Å². The molecule has 140 valence electrons. The van der Waals surface area contributed by atoms with Crippen LogP contribution in [-0.2, 0) is 9.59 Å². The third-order valence-electron chi connectivity index (χ3n) is 5.73. The molecule has 0 saturated heterocycles. The predicted molar refractivity (Wildman–Crippen MR) is 108 cm³/mol. The molecule has 0 amide bonds. The van der Waals surface area contributed by atoms with Crippen LogP contribution in [0.3, 0.4) is 0 Å². The van der Waals surface area contributed by atoms with Gasteiger partial charge in [0.1, 0.15) is 17.1 Å². The Balaban J connectivity index is 1.85. The number of furan rings is 1. The first-order valence-corrected chi connectivity index (χ1v) is 9.92. The molecule has 2 aromatic carbocycles. The van der Waals surface area contributed by atoms with Gasteiger partial charge in [0.25, 0.3) is 0 Å². The summed E-state index contributed by atoms with van der Waals surface area (Å²) in [5, 5.41) is 3.35. The Morgan fingerprint density at radius 1 is 1.15 bits per heavy atom. The van der Waals surface area contributed by atoms with Gasteiger partial charge in [0.15, 0.2) is 0 Å². The Bertz CT molecular complexity index is 1020. The molecule has 1 aliphatic carbocycles. The van der Waals surface area contributed by atoms with Gasteiger partial charge in [-0.15, -0.1) is 0 Å². The highest BCUT2D eigenvalue weighted by Gasteiger charge is 2.28. The molecule has 3 nitrogen and oxygen atoms in total. The van der Waals surface area contributed by atoms with Crippen molar-refractivity contribution in [3.05, 3.63) is 47.7 Å². The number of rotatable bonds is 7. The van der Waals surface area contributed by atoms with Crippen LogP contribution < -0.4 is 0 Å². The molecule has 1 saturated carbocycles. The third-order valence-corrected chi connectivity index (χ3v) is 5.73. The molecule has 1 atom stereocenters. The summed E-state index contributed by atoms with van der Waals surface area (Å²) in [6.07, 6.45) is 5.23. The smallest absolute Gasteiger partial charge is 0.143 e. The van der Waals surface area contributed by atoms with Crippen LogP contribution in [0.1, 0.15) is 69.4 Å². The molecular formula is C24H26O3. The van der Waals surface area contributed by atoms with Crippen LogP contribution in [0.5, 0.6) is 0 Å². The van der Waals surface area contributed by atoms with Crippen LogP contribution in [0.2, 0.25) is 0 Å². The van der Waals surface area contributed by atoms with E-state index in [4.69, 9.17) is 4.42 Å². The third kappa shape index (κ3) is 3.43. The standard InChI is InChI=1S/C24H26O3/c1-14(2)24(26)20(9-4-15(3)25)21-13-27-22-11-8-18-12-17(16-5-6-16)7-10-19(18)23(21)22/h7-8,10-14,16,20H,4-6,9H2,1-3H3. The van der Waals surface area contributed by atoms with E-state index < -0.39 is 0 Å². The van der Waals surface area contributed by atoms with Crippen LogP contribution in [0.15, 0.2) is 41.0 Å². The lowest BCUT2D eigenvalue weighted by Gasteiger charge is -2.17. The van der Waals surface area contributed by atoms with Gasteiger partial charge in [-0.2, -0.15) is 0 Å². The molecule has 4 rings (SSSR count). The fourth-order valence-electron chi connectivity index (χ4n) is 4.04. The van der Waals surface area contributed by atoms with Crippen LogP contribution in [0, 0.1) is 5.92 Å². The van der Waals surface area contributed by atoms with Crippen LogP contribution in [0.25, 0.3) is 21.7 Å². The minimum absolute atomic E-state index is 0.0802. The highest BCUT2D eigenvalue weighted by molar-refractivity contribution is 6.09. The zero-order valence-electron chi connectivity index (χ0n) is 16.2. The average Bonchev–Trinajstić information content (AvgIpc) is 3.41. The number of carbonyl (C=O) groups is 2. The summed E-state index contributed by atoms with van der Waals surface area (Å²) in [5.74, 6) is 0.612. The zero-order valence-corrected chi connectivity index (χ0v) is 16.2. The van der Waals surface area contributed by atoms with Gasteiger partial charge in [0.05, 0.1) is 6.26 Å². The SMILES string of the molecule is CC(=O)CCC(C(=O)C(C)C)c1coc2ccc3cc(C4CC4)ccc3c12. The summed E-state index contributed by atoms with van der Waals surface area (Å²) in [5.41, 5.74) is 3.13. The Hall–Kier alpha value is -2.42. The molecule has 3 heteroatoms. The van der Waals surface area contributed by atoms with Crippen LogP contribution in [0.4, 0.5) is 0 Å². The van der Waals surface area contributed by atoms with Crippen molar-refractivity contribution in [1.29, 1.82) is 0 Å². The molecular weight excluding hydrogens is 336 g/mol. The molecule has 0 aliphatic heterocycles. The molecule has 1 fully saturated rings. The van der Waals surface area contributed by atoms with E-state index in [9.17, 15) is 9.59 Å². The van der Waals surface area contributed by atoms with Gasteiger partial charge >= 0.3 is 0 Å². The van der Waals surface area contributed by atoms with Gasteiger partial charge in [0, 0.05) is 29.2 Å². The predicted octanol–water partition coefficient (Wildman–Crippen LogP) is 6.14. The topological polar surface area (TPSA) is 47.3 Å². The lowest BCUT2D eigenvalue weighted by molar-refractivity contribution is -0.123. The van der Waals surface area contributed by atoms with Crippen molar-refractivity contribution in [3.8, 4) is 0 Å². The van der Waals surface area contributed by atoms with Crippen molar-refractivity contribution in [2.24, 2.45) is 5.92 Å². The molecule has 0 bridgehead atoms. The molecule has 1 unspecified atom stereocenters. The van der Waals surface area contributed by atoms with Gasteiger partial charge in [-0.25, -0.2) is 0 Å². The van der Waals surface area contributed by atoms with E-state index >= 15 is 0 Å². The lowest BCUT2D eigenvalue weighted by atomic mass is 9.84. The minimum atomic E-state index is -0.302. The quantitative estimate of drug-likeness (QED) is 0.507.